The summed E-state index contributed by atoms with van der Waals surface area (Å²) in [6, 6.07) is 13.1. The van der Waals surface area contributed by atoms with Gasteiger partial charge in [0.25, 0.3) is 5.91 Å². The van der Waals surface area contributed by atoms with E-state index in [4.69, 9.17) is 4.74 Å². The number of piperidine rings is 1. The van der Waals surface area contributed by atoms with Crippen molar-refractivity contribution in [1.29, 1.82) is 0 Å². The normalized spacial score (nSPS) is 14.7. The van der Waals surface area contributed by atoms with Crippen molar-refractivity contribution in [2.75, 3.05) is 20.2 Å². The lowest BCUT2D eigenvalue weighted by atomic mass is 10.0. The molecule has 1 aliphatic heterocycles. The summed E-state index contributed by atoms with van der Waals surface area (Å²) in [7, 11) is 1.61. The summed E-state index contributed by atoms with van der Waals surface area (Å²) in [6.07, 6.45) is 1.74. The summed E-state index contributed by atoms with van der Waals surface area (Å²) < 4.78 is 18.1. The second kappa shape index (κ2) is 8.66. The van der Waals surface area contributed by atoms with Crippen LogP contribution in [0.4, 0.5) is 4.39 Å². The smallest absolute Gasteiger partial charge is 0.253 e. The summed E-state index contributed by atoms with van der Waals surface area (Å²) in [5.74, 6) is 0.281. The first-order valence-corrected chi connectivity index (χ1v) is 9.02. The van der Waals surface area contributed by atoms with Crippen molar-refractivity contribution in [2.45, 2.75) is 25.3 Å². The molecule has 0 radical (unpaired) electrons. The Balaban J connectivity index is 1.46. The summed E-state index contributed by atoms with van der Waals surface area (Å²) in [6.45, 7) is 1.15. The Morgan fingerprint density at radius 2 is 1.70 bits per heavy atom. The molecule has 0 aliphatic carbocycles. The van der Waals surface area contributed by atoms with Gasteiger partial charge in [-0.3, -0.25) is 9.59 Å². The molecular weight excluding hydrogens is 347 g/mol. The zero-order valence-corrected chi connectivity index (χ0v) is 15.3. The number of nitrogens with one attached hydrogen (secondary N) is 1. The summed E-state index contributed by atoms with van der Waals surface area (Å²) in [5, 5.41) is 3.04. The first kappa shape index (κ1) is 18.9. The number of hydrogen-bond acceptors (Lipinski definition) is 3. The van der Waals surface area contributed by atoms with Gasteiger partial charge >= 0.3 is 0 Å². The molecule has 1 N–H and O–H groups in total. The van der Waals surface area contributed by atoms with Gasteiger partial charge in [0.15, 0.2) is 0 Å². The molecule has 2 amide bonds. The molecule has 142 valence electrons. The Morgan fingerprint density at radius 1 is 1.07 bits per heavy atom. The van der Waals surface area contributed by atoms with Gasteiger partial charge in [-0.2, -0.15) is 0 Å². The van der Waals surface area contributed by atoms with E-state index in [1.807, 2.05) is 24.3 Å². The molecule has 2 aromatic rings. The van der Waals surface area contributed by atoms with Crippen LogP contribution in [0.1, 0.15) is 28.8 Å². The largest absolute Gasteiger partial charge is 0.497 e. The fourth-order valence-corrected chi connectivity index (χ4v) is 3.21. The summed E-state index contributed by atoms with van der Waals surface area (Å²) in [4.78, 5) is 26.4. The molecule has 1 aliphatic rings. The molecule has 1 fully saturated rings. The van der Waals surface area contributed by atoms with Crippen molar-refractivity contribution < 1.29 is 18.7 Å². The maximum Gasteiger partial charge on any atom is 0.253 e. The van der Waals surface area contributed by atoms with Crippen LogP contribution >= 0.6 is 0 Å². The quantitative estimate of drug-likeness (QED) is 0.881. The number of nitrogens with zero attached hydrogens (tertiary/aromatic N) is 1. The standard InChI is InChI=1S/C21H23FN2O3/c1-27-19-8-2-15(3-9-19)14-20(25)23-18-10-12-24(13-11-18)21(26)16-4-6-17(22)7-5-16/h2-9,18H,10-14H2,1H3,(H,23,25). The number of methoxy groups -OCH3 is 1. The van der Waals surface area contributed by atoms with E-state index in [1.54, 1.807) is 12.0 Å². The highest BCUT2D eigenvalue weighted by Gasteiger charge is 2.24. The number of likely N-dealkylation sites (tertiary alicyclic amines) is 1. The average Bonchev–Trinajstić information content (AvgIpc) is 2.69. The van der Waals surface area contributed by atoms with Crippen LogP contribution in [-0.2, 0) is 11.2 Å². The van der Waals surface area contributed by atoms with Gasteiger partial charge in [0, 0.05) is 24.7 Å². The van der Waals surface area contributed by atoms with Gasteiger partial charge in [-0.25, -0.2) is 4.39 Å². The molecule has 0 bridgehead atoms. The number of amides is 2. The molecule has 6 heteroatoms. The molecule has 1 heterocycles. The van der Waals surface area contributed by atoms with Crippen LogP contribution in [0, 0.1) is 5.82 Å². The van der Waals surface area contributed by atoms with Gasteiger partial charge < -0.3 is 15.0 Å². The minimum absolute atomic E-state index is 0.0246. The highest BCUT2D eigenvalue weighted by molar-refractivity contribution is 5.94. The van der Waals surface area contributed by atoms with Crippen LogP contribution in [0.2, 0.25) is 0 Å². The second-order valence-corrected chi connectivity index (χ2v) is 6.67. The first-order valence-electron chi connectivity index (χ1n) is 9.02. The third kappa shape index (κ3) is 5.06. The zero-order chi connectivity index (χ0) is 19.2. The zero-order valence-electron chi connectivity index (χ0n) is 15.3. The highest BCUT2D eigenvalue weighted by atomic mass is 19.1. The van der Waals surface area contributed by atoms with Gasteiger partial charge in [0.2, 0.25) is 5.91 Å². The molecule has 5 nitrogen and oxygen atoms in total. The Bertz CT molecular complexity index is 782. The predicted molar refractivity (Wildman–Crippen MR) is 100 cm³/mol. The SMILES string of the molecule is COc1ccc(CC(=O)NC2CCN(C(=O)c3ccc(F)cc3)CC2)cc1. The lowest BCUT2D eigenvalue weighted by Gasteiger charge is -2.32. The van der Waals surface area contributed by atoms with Crippen LogP contribution in [-0.4, -0.2) is 43.0 Å². The van der Waals surface area contributed by atoms with Crippen molar-refractivity contribution in [1.82, 2.24) is 10.2 Å². The first-order chi connectivity index (χ1) is 13.0. The number of carbonyl (C=O) groups excluding carboxylic acids is 2. The maximum atomic E-state index is 13.0. The van der Waals surface area contributed by atoms with Crippen LogP contribution in [0.3, 0.4) is 0 Å². The maximum absolute atomic E-state index is 13.0. The fraction of sp³-hybridized carbons (Fsp3) is 0.333. The van der Waals surface area contributed by atoms with Crippen LogP contribution in [0.15, 0.2) is 48.5 Å². The number of hydrogen-bond donors (Lipinski definition) is 1. The molecule has 0 aromatic heterocycles. The van der Waals surface area contributed by atoms with E-state index in [0.717, 1.165) is 11.3 Å². The number of halogens is 1. The van der Waals surface area contributed by atoms with Crippen LogP contribution in [0.25, 0.3) is 0 Å². The van der Waals surface area contributed by atoms with Gasteiger partial charge in [-0.05, 0) is 54.8 Å². The highest BCUT2D eigenvalue weighted by Crippen LogP contribution is 2.15. The Hall–Kier alpha value is -2.89. The lowest BCUT2D eigenvalue weighted by molar-refractivity contribution is -0.121. The molecule has 0 spiro atoms. The van der Waals surface area contributed by atoms with Gasteiger partial charge in [-0.15, -0.1) is 0 Å². The molecule has 0 unspecified atom stereocenters. The topological polar surface area (TPSA) is 58.6 Å². The minimum atomic E-state index is -0.357. The van der Waals surface area contributed by atoms with E-state index in [-0.39, 0.29) is 23.7 Å². The van der Waals surface area contributed by atoms with Crippen molar-refractivity contribution >= 4 is 11.8 Å². The second-order valence-electron chi connectivity index (χ2n) is 6.67. The van der Waals surface area contributed by atoms with Gasteiger partial charge in [0.1, 0.15) is 11.6 Å². The molecule has 3 rings (SSSR count). The van der Waals surface area contributed by atoms with Gasteiger partial charge in [-0.1, -0.05) is 12.1 Å². The molecule has 27 heavy (non-hydrogen) atoms. The average molecular weight is 370 g/mol. The molecular formula is C21H23FN2O3. The monoisotopic (exact) mass is 370 g/mol. The minimum Gasteiger partial charge on any atom is -0.497 e. The summed E-state index contributed by atoms with van der Waals surface area (Å²) in [5.41, 5.74) is 1.41. The van der Waals surface area contributed by atoms with Crippen LogP contribution in [0.5, 0.6) is 5.75 Å². The number of carbonyl (C=O) groups is 2. The molecule has 1 saturated heterocycles. The molecule has 0 saturated carbocycles. The van der Waals surface area contributed by atoms with Crippen molar-refractivity contribution in [2.24, 2.45) is 0 Å². The van der Waals surface area contributed by atoms with E-state index in [0.29, 0.717) is 37.9 Å². The van der Waals surface area contributed by atoms with Crippen molar-refractivity contribution in [3.8, 4) is 5.75 Å². The Morgan fingerprint density at radius 3 is 2.30 bits per heavy atom. The van der Waals surface area contributed by atoms with E-state index in [9.17, 15) is 14.0 Å². The van der Waals surface area contributed by atoms with Crippen LogP contribution < -0.4 is 10.1 Å². The van der Waals surface area contributed by atoms with Gasteiger partial charge in [0.05, 0.1) is 13.5 Å². The van der Waals surface area contributed by atoms with Crippen molar-refractivity contribution in [3.63, 3.8) is 0 Å². The Kier molecular flexibility index (Phi) is 6.06. The number of benzene rings is 2. The molecule has 0 atom stereocenters. The summed E-state index contributed by atoms with van der Waals surface area (Å²) >= 11 is 0. The third-order valence-corrected chi connectivity index (χ3v) is 4.76. The molecule has 2 aromatic carbocycles. The number of ether oxygens (including phenoxy) is 1. The Labute approximate surface area is 158 Å². The predicted octanol–water partition coefficient (Wildman–Crippen LogP) is 2.80. The fourth-order valence-electron chi connectivity index (χ4n) is 3.21. The van der Waals surface area contributed by atoms with E-state index >= 15 is 0 Å². The third-order valence-electron chi connectivity index (χ3n) is 4.76. The number of rotatable bonds is 5. The van der Waals surface area contributed by atoms with E-state index in [2.05, 4.69) is 5.32 Å². The van der Waals surface area contributed by atoms with E-state index < -0.39 is 0 Å². The van der Waals surface area contributed by atoms with Crippen molar-refractivity contribution in [3.05, 3.63) is 65.5 Å². The van der Waals surface area contributed by atoms with E-state index in [1.165, 1.54) is 24.3 Å². The lowest BCUT2D eigenvalue weighted by Crippen LogP contribution is -2.46.